The maximum Gasteiger partial charge on any atom is 0.0769 e. The molecule has 2 unspecified atom stereocenters. The molecule has 1 saturated carbocycles. The molecule has 2 rings (SSSR count). The van der Waals surface area contributed by atoms with Gasteiger partial charge in [-0.3, -0.25) is 0 Å². The summed E-state index contributed by atoms with van der Waals surface area (Å²) in [5, 5.41) is 11.3. The van der Waals surface area contributed by atoms with Crippen LogP contribution in [0.3, 0.4) is 0 Å². The average Bonchev–Trinajstić information content (AvgIpc) is 2.17. The Balaban J connectivity index is 1.80. The highest BCUT2D eigenvalue weighted by Crippen LogP contribution is 2.26. The van der Waals surface area contributed by atoms with Crippen LogP contribution in [-0.2, 0) is 6.54 Å². The largest absolute Gasteiger partial charge is 0.308 e. The molecule has 0 aromatic carbocycles. The molecule has 0 radical (unpaired) electrons. The average molecular weight is 177 g/mol. The highest BCUT2D eigenvalue weighted by Gasteiger charge is 2.25. The van der Waals surface area contributed by atoms with E-state index in [4.69, 9.17) is 0 Å². The lowest BCUT2D eigenvalue weighted by molar-refractivity contribution is 0.227. The molecule has 1 aliphatic rings. The van der Waals surface area contributed by atoms with Gasteiger partial charge in [-0.15, -0.1) is 0 Å². The van der Waals surface area contributed by atoms with E-state index in [9.17, 15) is 0 Å². The van der Waals surface area contributed by atoms with Crippen molar-refractivity contribution in [3.8, 4) is 0 Å². The maximum absolute atomic E-state index is 4.02. The predicted octanol–water partition coefficient (Wildman–Crippen LogP) is 1.36. The first-order valence-electron chi connectivity index (χ1n) is 4.86. The van der Waals surface area contributed by atoms with Crippen molar-refractivity contribution in [2.75, 3.05) is 0 Å². The standard InChI is InChI=1S/C10H15N3/c1-8-4-5-10(8)11-7-9-3-2-6-12-13-9/h2-3,6,8,10-11H,4-5,7H2,1H3. The van der Waals surface area contributed by atoms with Gasteiger partial charge in [0.05, 0.1) is 5.69 Å². The summed E-state index contributed by atoms with van der Waals surface area (Å²) >= 11 is 0. The molecule has 1 heterocycles. The second-order valence-electron chi connectivity index (χ2n) is 3.76. The lowest BCUT2D eigenvalue weighted by Crippen LogP contribution is -2.42. The summed E-state index contributed by atoms with van der Waals surface area (Å²) in [5.74, 6) is 0.830. The fraction of sp³-hybridized carbons (Fsp3) is 0.600. The Hall–Kier alpha value is -0.960. The van der Waals surface area contributed by atoms with E-state index in [1.165, 1.54) is 12.8 Å². The zero-order valence-corrected chi connectivity index (χ0v) is 7.90. The summed E-state index contributed by atoms with van der Waals surface area (Å²) in [6.45, 7) is 3.14. The first-order valence-corrected chi connectivity index (χ1v) is 4.86. The molecular weight excluding hydrogens is 162 g/mol. The Labute approximate surface area is 78.6 Å². The van der Waals surface area contributed by atoms with Gasteiger partial charge in [-0.05, 0) is 30.9 Å². The minimum absolute atomic E-state index is 0.696. The zero-order chi connectivity index (χ0) is 9.10. The zero-order valence-electron chi connectivity index (χ0n) is 7.90. The highest BCUT2D eigenvalue weighted by atomic mass is 15.1. The van der Waals surface area contributed by atoms with Gasteiger partial charge in [0, 0.05) is 18.8 Å². The van der Waals surface area contributed by atoms with Crippen molar-refractivity contribution < 1.29 is 0 Å². The van der Waals surface area contributed by atoms with Crippen LogP contribution in [0.1, 0.15) is 25.5 Å². The van der Waals surface area contributed by atoms with Gasteiger partial charge in [-0.25, -0.2) is 0 Å². The van der Waals surface area contributed by atoms with E-state index in [1.54, 1.807) is 6.20 Å². The molecule has 1 aliphatic carbocycles. The van der Waals surface area contributed by atoms with E-state index in [1.807, 2.05) is 12.1 Å². The van der Waals surface area contributed by atoms with E-state index >= 15 is 0 Å². The van der Waals surface area contributed by atoms with Crippen molar-refractivity contribution in [1.82, 2.24) is 15.5 Å². The van der Waals surface area contributed by atoms with Gasteiger partial charge in [0.1, 0.15) is 0 Å². The smallest absolute Gasteiger partial charge is 0.0769 e. The molecule has 3 heteroatoms. The second kappa shape index (κ2) is 3.83. The summed E-state index contributed by atoms with van der Waals surface area (Å²) in [4.78, 5) is 0. The van der Waals surface area contributed by atoms with Crippen LogP contribution in [0.25, 0.3) is 0 Å². The number of hydrogen-bond acceptors (Lipinski definition) is 3. The van der Waals surface area contributed by atoms with Crippen LogP contribution in [0.2, 0.25) is 0 Å². The Morgan fingerprint density at radius 2 is 2.46 bits per heavy atom. The number of hydrogen-bond donors (Lipinski definition) is 1. The molecule has 2 atom stereocenters. The number of rotatable bonds is 3. The second-order valence-corrected chi connectivity index (χ2v) is 3.76. The van der Waals surface area contributed by atoms with E-state index < -0.39 is 0 Å². The van der Waals surface area contributed by atoms with Crippen LogP contribution < -0.4 is 5.32 Å². The lowest BCUT2D eigenvalue weighted by atomic mass is 9.81. The lowest BCUT2D eigenvalue weighted by Gasteiger charge is -2.34. The molecule has 1 fully saturated rings. The van der Waals surface area contributed by atoms with E-state index in [0.29, 0.717) is 6.04 Å². The third-order valence-electron chi connectivity index (χ3n) is 2.79. The quantitative estimate of drug-likeness (QED) is 0.757. The molecule has 1 aromatic rings. The van der Waals surface area contributed by atoms with Gasteiger partial charge in [0.25, 0.3) is 0 Å². The Kier molecular flexibility index (Phi) is 2.54. The molecule has 0 spiro atoms. The molecule has 1 N–H and O–H groups in total. The third kappa shape index (κ3) is 2.04. The van der Waals surface area contributed by atoms with Gasteiger partial charge < -0.3 is 5.32 Å². The summed E-state index contributed by atoms with van der Waals surface area (Å²) < 4.78 is 0. The SMILES string of the molecule is CC1CCC1NCc1cccnn1. The van der Waals surface area contributed by atoms with Crippen molar-refractivity contribution in [2.24, 2.45) is 5.92 Å². The number of aromatic nitrogens is 2. The van der Waals surface area contributed by atoms with Crippen LogP contribution in [0, 0.1) is 5.92 Å². The van der Waals surface area contributed by atoms with Crippen molar-refractivity contribution in [3.05, 3.63) is 24.0 Å². The molecule has 0 amide bonds. The highest BCUT2D eigenvalue weighted by molar-refractivity contribution is 4.99. The van der Waals surface area contributed by atoms with Gasteiger partial charge in [-0.1, -0.05) is 6.92 Å². The topological polar surface area (TPSA) is 37.8 Å². The normalized spacial score (nSPS) is 26.8. The van der Waals surface area contributed by atoms with Crippen LogP contribution in [0.4, 0.5) is 0 Å². The molecule has 0 saturated heterocycles. The van der Waals surface area contributed by atoms with Crippen LogP contribution in [0.5, 0.6) is 0 Å². The van der Waals surface area contributed by atoms with Crippen molar-refractivity contribution in [3.63, 3.8) is 0 Å². The van der Waals surface area contributed by atoms with Crippen molar-refractivity contribution in [2.45, 2.75) is 32.4 Å². The van der Waals surface area contributed by atoms with Gasteiger partial charge in [-0.2, -0.15) is 10.2 Å². The third-order valence-corrected chi connectivity index (χ3v) is 2.79. The molecule has 0 aliphatic heterocycles. The van der Waals surface area contributed by atoms with Gasteiger partial charge >= 0.3 is 0 Å². The van der Waals surface area contributed by atoms with Crippen LogP contribution in [-0.4, -0.2) is 16.2 Å². The minimum atomic E-state index is 0.696. The molecule has 1 aromatic heterocycles. The summed E-state index contributed by atoms with van der Waals surface area (Å²) in [6.07, 6.45) is 4.37. The van der Waals surface area contributed by atoms with E-state index in [-0.39, 0.29) is 0 Å². The van der Waals surface area contributed by atoms with Crippen molar-refractivity contribution >= 4 is 0 Å². The van der Waals surface area contributed by atoms with Crippen LogP contribution in [0.15, 0.2) is 18.3 Å². The fourth-order valence-electron chi connectivity index (χ4n) is 1.63. The van der Waals surface area contributed by atoms with Gasteiger partial charge in [0.15, 0.2) is 0 Å². The molecule has 0 bridgehead atoms. The Bertz CT molecular complexity index is 260. The first kappa shape index (κ1) is 8.63. The summed E-state index contributed by atoms with van der Waals surface area (Å²) in [7, 11) is 0. The minimum Gasteiger partial charge on any atom is -0.308 e. The maximum atomic E-state index is 4.02. The Morgan fingerprint density at radius 1 is 1.54 bits per heavy atom. The molecule has 70 valence electrons. The van der Waals surface area contributed by atoms with E-state index in [2.05, 4.69) is 22.4 Å². The monoisotopic (exact) mass is 177 g/mol. The number of nitrogens with one attached hydrogen (secondary N) is 1. The predicted molar refractivity (Wildman–Crippen MR) is 51.1 cm³/mol. The van der Waals surface area contributed by atoms with Gasteiger partial charge in [0.2, 0.25) is 0 Å². The van der Waals surface area contributed by atoms with E-state index in [0.717, 1.165) is 18.2 Å². The summed E-state index contributed by atoms with van der Waals surface area (Å²) in [6, 6.07) is 4.62. The fourth-order valence-corrected chi connectivity index (χ4v) is 1.63. The first-order chi connectivity index (χ1) is 6.36. The van der Waals surface area contributed by atoms with Crippen molar-refractivity contribution in [1.29, 1.82) is 0 Å². The molecule has 13 heavy (non-hydrogen) atoms. The molecule has 3 nitrogen and oxygen atoms in total. The summed E-state index contributed by atoms with van der Waals surface area (Å²) in [5.41, 5.74) is 1.03. The molecular formula is C10H15N3. The number of nitrogens with zero attached hydrogens (tertiary/aromatic N) is 2. The van der Waals surface area contributed by atoms with Crippen LogP contribution >= 0.6 is 0 Å². The Morgan fingerprint density at radius 3 is 3.00 bits per heavy atom.